The fourth-order valence-electron chi connectivity index (χ4n) is 1.88. The molecule has 16 heavy (non-hydrogen) atoms. The van der Waals surface area contributed by atoms with Crippen molar-refractivity contribution in [2.45, 2.75) is 24.3 Å². The molecule has 1 aliphatic carbocycles. The lowest BCUT2D eigenvalue weighted by Gasteiger charge is -2.13. The van der Waals surface area contributed by atoms with Gasteiger partial charge in [0.05, 0.1) is 6.61 Å². The molecular formula is C12H15NO3. The number of rotatable bonds is 4. The minimum atomic E-state index is -1.03. The molecule has 0 bridgehead atoms. The Morgan fingerprint density at radius 2 is 1.94 bits per heavy atom. The average molecular weight is 221 g/mol. The lowest BCUT2D eigenvalue weighted by Crippen LogP contribution is -2.21. The van der Waals surface area contributed by atoms with E-state index in [1.165, 1.54) is 0 Å². The molecule has 1 atom stereocenters. The number of carbonyl (C=O) groups is 1. The summed E-state index contributed by atoms with van der Waals surface area (Å²) in [5, 5.41) is 18.0. The van der Waals surface area contributed by atoms with Crippen LogP contribution in [-0.2, 0) is 10.2 Å². The van der Waals surface area contributed by atoms with Gasteiger partial charge in [-0.15, -0.1) is 0 Å². The van der Waals surface area contributed by atoms with Crippen LogP contribution in [0.2, 0.25) is 0 Å². The van der Waals surface area contributed by atoms with Crippen molar-refractivity contribution in [1.82, 2.24) is 0 Å². The van der Waals surface area contributed by atoms with Crippen LogP contribution in [0.4, 0.5) is 0 Å². The van der Waals surface area contributed by atoms with Crippen LogP contribution in [0, 0.1) is 0 Å². The Balaban J connectivity index is 2.20. The predicted octanol–water partition coefficient (Wildman–Crippen LogP) is 0.795. The highest BCUT2D eigenvalue weighted by atomic mass is 16.4. The van der Waals surface area contributed by atoms with Gasteiger partial charge in [-0.2, -0.15) is 0 Å². The number of hydrogen-bond acceptors (Lipinski definition) is 3. The van der Waals surface area contributed by atoms with Crippen LogP contribution < -0.4 is 5.73 Å². The largest absolute Gasteiger partial charge is 0.480 e. The van der Waals surface area contributed by atoms with Gasteiger partial charge in [0.1, 0.15) is 6.04 Å². The number of aliphatic hydroxyl groups excluding tert-OH is 1. The van der Waals surface area contributed by atoms with Crippen molar-refractivity contribution in [3.05, 3.63) is 35.4 Å². The Bertz CT molecular complexity index is 395. The minimum Gasteiger partial charge on any atom is -0.480 e. The Kier molecular flexibility index (Phi) is 2.69. The van der Waals surface area contributed by atoms with Crippen molar-refractivity contribution in [2.24, 2.45) is 5.73 Å². The summed E-state index contributed by atoms with van der Waals surface area (Å²) in [7, 11) is 0. The van der Waals surface area contributed by atoms with E-state index >= 15 is 0 Å². The van der Waals surface area contributed by atoms with Crippen LogP contribution in [0.5, 0.6) is 0 Å². The van der Waals surface area contributed by atoms with Crippen molar-refractivity contribution >= 4 is 5.97 Å². The Labute approximate surface area is 93.7 Å². The third-order valence-corrected chi connectivity index (χ3v) is 3.30. The number of aliphatic carboxylic acids is 1. The normalized spacial score (nSPS) is 19.1. The smallest absolute Gasteiger partial charge is 0.325 e. The molecule has 0 saturated heterocycles. The first-order valence-corrected chi connectivity index (χ1v) is 5.29. The number of carboxylic acids is 1. The SMILES string of the molecule is NC(C(=O)O)c1ccc(C2(CO)CC2)cc1. The molecule has 0 aliphatic heterocycles. The first kappa shape index (κ1) is 11.1. The molecule has 0 amide bonds. The third-order valence-electron chi connectivity index (χ3n) is 3.30. The predicted molar refractivity (Wildman–Crippen MR) is 59.0 cm³/mol. The van der Waals surface area contributed by atoms with Crippen molar-refractivity contribution in [3.63, 3.8) is 0 Å². The standard InChI is InChI=1S/C12H15NO3/c13-10(11(15)16)8-1-3-9(4-2-8)12(7-14)5-6-12/h1-4,10,14H,5-7,13H2,(H,15,16). The Morgan fingerprint density at radius 1 is 1.38 bits per heavy atom. The summed E-state index contributed by atoms with van der Waals surface area (Å²) in [6, 6.07) is 6.20. The van der Waals surface area contributed by atoms with E-state index in [2.05, 4.69) is 0 Å². The van der Waals surface area contributed by atoms with Crippen LogP contribution in [0.3, 0.4) is 0 Å². The number of nitrogens with two attached hydrogens (primary N) is 1. The molecule has 4 heteroatoms. The molecule has 1 aromatic rings. The Morgan fingerprint density at radius 3 is 2.31 bits per heavy atom. The summed E-state index contributed by atoms with van der Waals surface area (Å²) in [4.78, 5) is 10.7. The van der Waals surface area contributed by atoms with Crippen LogP contribution in [0.15, 0.2) is 24.3 Å². The van der Waals surface area contributed by atoms with E-state index in [1.807, 2.05) is 12.1 Å². The first-order chi connectivity index (χ1) is 7.59. The molecule has 0 heterocycles. The van der Waals surface area contributed by atoms with Gasteiger partial charge in [0.25, 0.3) is 0 Å². The lowest BCUT2D eigenvalue weighted by molar-refractivity contribution is -0.138. The summed E-state index contributed by atoms with van der Waals surface area (Å²) in [5.74, 6) is -1.03. The van der Waals surface area contributed by atoms with Gasteiger partial charge in [0.15, 0.2) is 0 Å². The zero-order chi connectivity index (χ0) is 11.8. The number of hydrogen-bond donors (Lipinski definition) is 3. The van der Waals surface area contributed by atoms with Gasteiger partial charge in [-0.05, 0) is 24.0 Å². The van der Waals surface area contributed by atoms with Gasteiger partial charge >= 0.3 is 5.97 Å². The number of carboxylic acid groups (broad SMARTS) is 1. The highest BCUT2D eigenvalue weighted by molar-refractivity contribution is 5.75. The molecule has 1 fully saturated rings. The molecule has 4 nitrogen and oxygen atoms in total. The van der Waals surface area contributed by atoms with Crippen molar-refractivity contribution in [1.29, 1.82) is 0 Å². The Hall–Kier alpha value is -1.39. The fourth-order valence-corrected chi connectivity index (χ4v) is 1.88. The maximum Gasteiger partial charge on any atom is 0.325 e. The fraction of sp³-hybridized carbons (Fsp3) is 0.417. The van der Waals surface area contributed by atoms with E-state index < -0.39 is 12.0 Å². The molecule has 2 rings (SSSR count). The number of benzene rings is 1. The lowest BCUT2D eigenvalue weighted by atomic mass is 9.95. The molecule has 4 N–H and O–H groups in total. The maximum absolute atomic E-state index is 10.7. The van der Waals surface area contributed by atoms with Crippen LogP contribution >= 0.6 is 0 Å². The van der Waals surface area contributed by atoms with Crippen molar-refractivity contribution in [2.75, 3.05) is 6.61 Å². The summed E-state index contributed by atoms with van der Waals surface area (Å²) in [5.41, 5.74) is 7.07. The second-order valence-electron chi connectivity index (χ2n) is 4.38. The molecule has 1 aliphatic rings. The molecule has 1 unspecified atom stereocenters. The van der Waals surface area contributed by atoms with E-state index in [9.17, 15) is 9.90 Å². The monoisotopic (exact) mass is 221 g/mol. The summed E-state index contributed by atoms with van der Waals surface area (Å²) < 4.78 is 0. The molecule has 1 aromatic carbocycles. The number of aliphatic hydroxyl groups is 1. The molecule has 1 saturated carbocycles. The summed E-state index contributed by atoms with van der Waals surface area (Å²) >= 11 is 0. The minimum absolute atomic E-state index is 0.0775. The first-order valence-electron chi connectivity index (χ1n) is 5.29. The van der Waals surface area contributed by atoms with E-state index in [1.54, 1.807) is 12.1 Å². The maximum atomic E-state index is 10.7. The molecular weight excluding hydrogens is 206 g/mol. The highest BCUT2D eigenvalue weighted by Gasteiger charge is 2.43. The van der Waals surface area contributed by atoms with Crippen LogP contribution in [-0.4, -0.2) is 22.8 Å². The van der Waals surface area contributed by atoms with E-state index in [4.69, 9.17) is 10.8 Å². The van der Waals surface area contributed by atoms with Crippen LogP contribution in [0.1, 0.15) is 30.0 Å². The van der Waals surface area contributed by atoms with E-state index in [0.717, 1.165) is 18.4 Å². The zero-order valence-electron chi connectivity index (χ0n) is 8.89. The average Bonchev–Trinajstić information content (AvgIpc) is 3.09. The summed E-state index contributed by atoms with van der Waals surface area (Å²) in [6.07, 6.45) is 1.99. The third kappa shape index (κ3) is 1.81. The molecule has 0 aromatic heterocycles. The van der Waals surface area contributed by atoms with Gasteiger partial charge in [0, 0.05) is 5.41 Å². The van der Waals surface area contributed by atoms with Gasteiger partial charge in [0.2, 0.25) is 0 Å². The van der Waals surface area contributed by atoms with Crippen molar-refractivity contribution < 1.29 is 15.0 Å². The second kappa shape index (κ2) is 3.88. The highest BCUT2D eigenvalue weighted by Crippen LogP contribution is 2.47. The molecule has 0 radical (unpaired) electrons. The topological polar surface area (TPSA) is 83.6 Å². The van der Waals surface area contributed by atoms with E-state index in [-0.39, 0.29) is 12.0 Å². The molecule has 0 spiro atoms. The molecule has 86 valence electrons. The van der Waals surface area contributed by atoms with Crippen LogP contribution in [0.25, 0.3) is 0 Å². The van der Waals surface area contributed by atoms with Gasteiger partial charge in [-0.3, -0.25) is 4.79 Å². The van der Waals surface area contributed by atoms with E-state index in [0.29, 0.717) is 5.56 Å². The van der Waals surface area contributed by atoms with Gasteiger partial charge in [-0.1, -0.05) is 24.3 Å². The second-order valence-corrected chi connectivity index (χ2v) is 4.38. The van der Waals surface area contributed by atoms with Gasteiger partial charge < -0.3 is 15.9 Å². The zero-order valence-corrected chi connectivity index (χ0v) is 8.89. The van der Waals surface area contributed by atoms with Gasteiger partial charge in [-0.25, -0.2) is 0 Å². The quantitative estimate of drug-likeness (QED) is 0.702. The summed E-state index contributed by atoms with van der Waals surface area (Å²) in [6.45, 7) is 0.150. The van der Waals surface area contributed by atoms with Crippen molar-refractivity contribution in [3.8, 4) is 0 Å².